The van der Waals surface area contributed by atoms with E-state index in [9.17, 15) is 9.59 Å². The van der Waals surface area contributed by atoms with Crippen molar-refractivity contribution in [3.05, 3.63) is 40.4 Å². The molecule has 0 saturated carbocycles. The average molecular weight is 308 g/mol. The summed E-state index contributed by atoms with van der Waals surface area (Å²) in [6.45, 7) is 1.69. The molecule has 0 aliphatic heterocycles. The van der Waals surface area contributed by atoms with Gasteiger partial charge < -0.3 is 10.2 Å². The van der Waals surface area contributed by atoms with Gasteiger partial charge in [0.2, 0.25) is 5.82 Å². The van der Waals surface area contributed by atoms with E-state index in [-0.39, 0.29) is 11.7 Å². The van der Waals surface area contributed by atoms with Crippen LogP contribution in [0.5, 0.6) is 0 Å². The molecule has 0 atom stereocenters. The number of carbonyl (C=O) groups is 2. The minimum Gasteiger partial charge on any atom is -0.345 e. The van der Waals surface area contributed by atoms with E-state index in [0.29, 0.717) is 22.1 Å². The predicted molar refractivity (Wildman–Crippen MR) is 78.5 cm³/mol. The van der Waals surface area contributed by atoms with Crippen molar-refractivity contribution in [2.24, 2.45) is 0 Å². The summed E-state index contributed by atoms with van der Waals surface area (Å²) in [7, 11) is 3.25. The number of nitrogens with one attached hydrogen (secondary N) is 2. The van der Waals surface area contributed by atoms with Gasteiger partial charge in [0.15, 0.2) is 0 Å². The first-order valence-electron chi connectivity index (χ1n) is 6.10. The number of hydrogen-bond acceptors (Lipinski definition) is 4. The summed E-state index contributed by atoms with van der Waals surface area (Å²) in [5, 5.41) is 9.29. The molecule has 21 heavy (non-hydrogen) atoms. The lowest BCUT2D eigenvalue weighted by atomic mass is 10.1. The molecule has 0 aliphatic carbocycles. The number of anilines is 1. The highest BCUT2D eigenvalue weighted by Crippen LogP contribution is 2.22. The second-order valence-electron chi connectivity index (χ2n) is 4.59. The molecule has 1 heterocycles. The van der Waals surface area contributed by atoms with Gasteiger partial charge in [-0.1, -0.05) is 11.6 Å². The molecular formula is C13H14ClN5O2. The van der Waals surface area contributed by atoms with Gasteiger partial charge >= 0.3 is 0 Å². The molecule has 1 aromatic carbocycles. The number of carbonyl (C=O) groups excluding carboxylic acids is 2. The van der Waals surface area contributed by atoms with E-state index in [1.165, 1.54) is 11.0 Å². The Kier molecular flexibility index (Phi) is 4.23. The number of aryl methyl sites for hydroxylation is 1. The molecule has 0 bridgehead atoms. The van der Waals surface area contributed by atoms with Gasteiger partial charge in [0, 0.05) is 19.8 Å². The van der Waals surface area contributed by atoms with Crippen molar-refractivity contribution in [2.75, 3.05) is 19.4 Å². The van der Waals surface area contributed by atoms with Crippen molar-refractivity contribution in [2.45, 2.75) is 6.92 Å². The first kappa shape index (κ1) is 15.0. The summed E-state index contributed by atoms with van der Waals surface area (Å²) in [4.78, 5) is 29.3. The van der Waals surface area contributed by atoms with Crippen LogP contribution >= 0.6 is 11.6 Å². The molecule has 2 amide bonds. The maximum atomic E-state index is 12.0. The molecule has 2 rings (SSSR count). The van der Waals surface area contributed by atoms with Crippen molar-refractivity contribution < 1.29 is 9.59 Å². The lowest BCUT2D eigenvalue weighted by molar-refractivity contribution is 0.0827. The second-order valence-corrected chi connectivity index (χ2v) is 5.00. The molecule has 2 N–H and O–H groups in total. The fourth-order valence-corrected chi connectivity index (χ4v) is 1.84. The smallest absolute Gasteiger partial charge is 0.295 e. The van der Waals surface area contributed by atoms with E-state index < -0.39 is 5.91 Å². The van der Waals surface area contributed by atoms with Gasteiger partial charge in [-0.25, -0.2) is 4.98 Å². The molecule has 1 aromatic heterocycles. The Morgan fingerprint density at radius 3 is 2.62 bits per heavy atom. The molecule has 0 spiro atoms. The fraction of sp³-hybridized carbons (Fsp3) is 0.231. The Balaban J connectivity index is 2.23. The highest BCUT2D eigenvalue weighted by Gasteiger charge is 2.16. The summed E-state index contributed by atoms with van der Waals surface area (Å²) >= 11 is 6.00. The highest BCUT2D eigenvalue weighted by molar-refractivity contribution is 6.34. The van der Waals surface area contributed by atoms with Crippen LogP contribution in [0.3, 0.4) is 0 Å². The molecule has 7 nitrogen and oxygen atoms in total. The average Bonchev–Trinajstić information content (AvgIpc) is 2.86. The van der Waals surface area contributed by atoms with Gasteiger partial charge in [-0.3, -0.25) is 14.7 Å². The van der Waals surface area contributed by atoms with Crippen molar-refractivity contribution in [3.63, 3.8) is 0 Å². The van der Waals surface area contributed by atoms with Gasteiger partial charge in [-0.2, -0.15) is 0 Å². The van der Waals surface area contributed by atoms with Crippen molar-refractivity contribution >= 4 is 29.1 Å². The maximum absolute atomic E-state index is 12.0. The van der Waals surface area contributed by atoms with E-state index in [4.69, 9.17) is 11.6 Å². The minimum absolute atomic E-state index is 0.0305. The van der Waals surface area contributed by atoms with E-state index in [2.05, 4.69) is 20.5 Å². The van der Waals surface area contributed by atoms with Crippen LogP contribution in [0, 0.1) is 6.92 Å². The Labute approximate surface area is 126 Å². The largest absolute Gasteiger partial charge is 0.345 e. The zero-order chi connectivity index (χ0) is 15.6. The number of aromatic amines is 1. The zero-order valence-corrected chi connectivity index (χ0v) is 12.5. The lowest BCUT2D eigenvalue weighted by Gasteiger charge is -2.13. The van der Waals surface area contributed by atoms with Gasteiger partial charge in [0.1, 0.15) is 5.82 Å². The fourth-order valence-electron chi connectivity index (χ4n) is 1.64. The quantitative estimate of drug-likeness (QED) is 0.903. The third-order valence-corrected chi connectivity index (χ3v) is 2.99. The van der Waals surface area contributed by atoms with Crippen LogP contribution in [0.4, 0.5) is 5.69 Å². The number of hydrogen-bond donors (Lipinski definition) is 2. The monoisotopic (exact) mass is 307 g/mol. The normalized spacial score (nSPS) is 10.3. The number of amides is 2. The Bertz CT molecular complexity index is 696. The molecule has 0 saturated heterocycles. The molecule has 0 unspecified atom stereocenters. The number of H-pyrrole nitrogens is 1. The van der Waals surface area contributed by atoms with E-state index in [0.717, 1.165) is 0 Å². The first-order chi connectivity index (χ1) is 9.88. The minimum atomic E-state index is -0.468. The molecule has 0 radical (unpaired) electrons. The van der Waals surface area contributed by atoms with Gasteiger partial charge in [-0.15, -0.1) is 5.10 Å². The maximum Gasteiger partial charge on any atom is 0.295 e. The van der Waals surface area contributed by atoms with Crippen LogP contribution < -0.4 is 5.32 Å². The van der Waals surface area contributed by atoms with Crippen LogP contribution in [0.2, 0.25) is 5.02 Å². The second kappa shape index (κ2) is 5.92. The van der Waals surface area contributed by atoms with Gasteiger partial charge in [-0.05, 0) is 25.1 Å². The Hall–Kier alpha value is -2.41. The van der Waals surface area contributed by atoms with E-state index in [1.54, 1.807) is 33.2 Å². The molecular weight excluding hydrogens is 294 g/mol. The van der Waals surface area contributed by atoms with Crippen LogP contribution in [-0.4, -0.2) is 46.0 Å². The molecule has 2 aromatic rings. The molecule has 8 heteroatoms. The number of nitrogens with zero attached hydrogens (tertiary/aromatic N) is 3. The third kappa shape index (κ3) is 3.38. The van der Waals surface area contributed by atoms with Crippen molar-refractivity contribution in [1.82, 2.24) is 20.1 Å². The summed E-state index contributed by atoms with van der Waals surface area (Å²) < 4.78 is 0. The zero-order valence-electron chi connectivity index (χ0n) is 11.8. The van der Waals surface area contributed by atoms with Gasteiger partial charge in [0.25, 0.3) is 11.8 Å². The van der Waals surface area contributed by atoms with E-state index >= 15 is 0 Å². The lowest BCUT2D eigenvalue weighted by Crippen LogP contribution is -2.22. The Morgan fingerprint density at radius 2 is 2.05 bits per heavy atom. The third-order valence-electron chi connectivity index (χ3n) is 2.66. The topological polar surface area (TPSA) is 91.0 Å². The summed E-state index contributed by atoms with van der Waals surface area (Å²) in [6.07, 6.45) is 0. The standard InChI is InChI=1S/C13H14ClN5O2/c1-7-15-11(18-17-7)12(20)16-8-4-5-10(14)9(6-8)13(21)19(2)3/h4-6H,1-3H3,(H,16,20)(H,15,17,18). The summed E-state index contributed by atoms with van der Waals surface area (Å²) in [5.74, 6) is -0.141. The van der Waals surface area contributed by atoms with Crippen LogP contribution in [0.15, 0.2) is 18.2 Å². The van der Waals surface area contributed by atoms with Crippen LogP contribution in [-0.2, 0) is 0 Å². The van der Waals surface area contributed by atoms with Crippen LogP contribution in [0.25, 0.3) is 0 Å². The predicted octanol–water partition coefficient (Wildman–Crippen LogP) is 1.72. The molecule has 0 fully saturated rings. The first-order valence-corrected chi connectivity index (χ1v) is 6.48. The summed E-state index contributed by atoms with van der Waals surface area (Å²) in [5.41, 5.74) is 0.752. The molecule has 110 valence electrons. The highest BCUT2D eigenvalue weighted by atomic mass is 35.5. The van der Waals surface area contributed by atoms with Crippen molar-refractivity contribution in [3.8, 4) is 0 Å². The Morgan fingerprint density at radius 1 is 1.33 bits per heavy atom. The number of aromatic nitrogens is 3. The SMILES string of the molecule is Cc1nc(C(=O)Nc2ccc(Cl)c(C(=O)N(C)C)c2)n[nH]1. The molecule has 0 aliphatic rings. The number of benzene rings is 1. The number of rotatable bonds is 3. The van der Waals surface area contributed by atoms with Crippen molar-refractivity contribution in [1.29, 1.82) is 0 Å². The van der Waals surface area contributed by atoms with Crippen LogP contribution in [0.1, 0.15) is 26.8 Å². The van der Waals surface area contributed by atoms with E-state index in [1.807, 2.05) is 0 Å². The summed E-state index contributed by atoms with van der Waals surface area (Å²) in [6, 6.07) is 4.67. The van der Waals surface area contributed by atoms with Gasteiger partial charge in [0.05, 0.1) is 10.6 Å². The number of halogens is 1.